The molecule has 3 aromatic rings. The van der Waals surface area contributed by atoms with Gasteiger partial charge in [-0.1, -0.05) is 0 Å². The second-order valence-electron chi connectivity index (χ2n) is 7.66. The normalized spacial score (nSPS) is 13.5. The van der Waals surface area contributed by atoms with Gasteiger partial charge < -0.3 is 24.5 Å². The Kier molecular flexibility index (Phi) is 6.63. The van der Waals surface area contributed by atoms with E-state index < -0.39 is 17.6 Å². The van der Waals surface area contributed by atoms with E-state index in [1.807, 2.05) is 6.07 Å². The molecule has 0 bridgehead atoms. The van der Waals surface area contributed by atoms with E-state index in [9.17, 15) is 9.18 Å². The number of amides is 1. The average Bonchev–Trinajstić information content (AvgIpc) is 3.47. The van der Waals surface area contributed by atoms with E-state index in [4.69, 9.17) is 13.9 Å². The molecule has 0 atom stereocenters. The molecule has 0 unspecified atom stereocenters. The number of halogens is 2. The second kappa shape index (κ2) is 9.77. The second-order valence-corrected chi connectivity index (χ2v) is 7.66. The molecule has 1 fully saturated rings. The summed E-state index contributed by atoms with van der Waals surface area (Å²) >= 11 is 0. The van der Waals surface area contributed by atoms with Crippen LogP contribution in [0.5, 0.6) is 11.5 Å². The topological polar surface area (TPSA) is 72.7 Å². The highest BCUT2D eigenvalue weighted by atomic mass is 19.1. The van der Waals surface area contributed by atoms with E-state index in [1.165, 1.54) is 26.4 Å². The van der Waals surface area contributed by atoms with Crippen LogP contribution < -0.4 is 20.1 Å². The fourth-order valence-electron chi connectivity index (χ4n) is 3.37. The Morgan fingerprint density at radius 2 is 1.91 bits per heavy atom. The molecule has 0 radical (unpaired) electrons. The van der Waals surface area contributed by atoms with Crippen LogP contribution in [0.3, 0.4) is 0 Å². The first-order valence-corrected chi connectivity index (χ1v) is 10.5. The van der Waals surface area contributed by atoms with Crippen LogP contribution in [0.25, 0.3) is 17.2 Å². The number of anilines is 1. The summed E-state index contributed by atoms with van der Waals surface area (Å²) in [6.07, 6.45) is 4.37. The lowest BCUT2D eigenvalue weighted by Gasteiger charge is -2.15. The third-order valence-electron chi connectivity index (χ3n) is 5.27. The molecule has 2 N–H and O–H groups in total. The summed E-state index contributed by atoms with van der Waals surface area (Å²) in [5.74, 6) is -0.864. The van der Waals surface area contributed by atoms with Crippen molar-refractivity contribution < 1.29 is 27.5 Å². The van der Waals surface area contributed by atoms with Crippen LogP contribution in [-0.4, -0.2) is 26.2 Å². The third-order valence-corrected chi connectivity index (χ3v) is 5.27. The minimum absolute atomic E-state index is 0.0370. The largest absolute Gasteiger partial charge is 0.496 e. The average molecular weight is 454 g/mol. The molecule has 1 amide bonds. The molecule has 1 aliphatic rings. The lowest BCUT2D eigenvalue weighted by Crippen LogP contribution is -2.25. The Bertz CT molecular complexity index is 1170. The number of nitrogens with one attached hydrogen (secondary N) is 2. The first-order chi connectivity index (χ1) is 16.0. The van der Waals surface area contributed by atoms with Gasteiger partial charge >= 0.3 is 0 Å². The van der Waals surface area contributed by atoms with Crippen LogP contribution in [0, 0.1) is 5.82 Å². The van der Waals surface area contributed by atoms with Crippen LogP contribution in [-0.2, 0) is 11.3 Å². The molecule has 0 spiro atoms. The van der Waals surface area contributed by atoms with E-state index in [-0.39, 0.29) is 17.4 Å². The fourth-order valence-corrected chi connectivity index (χ4v) is 3.37. The fraction of sp³-hybridized carbons (Fsp3) is 0.240. The summed E-state index contributed by atoms with van der Waals surface area (Å²) in [4.78, 5) is 12.0. The molecule has 0 saturated heterocycles. The number of benzene rings is 2. The summed E-state index contributed by atoms with van der Waals surface area (Å²) in [5, 5.41) is 5.69. The van der Waals surface area contributed by atoms with E-state index >= 15 is 4.39 Å². The first-order valence-electron chi connectivity index (χ1n) is 10.5. The molecule has 172 valence electrons. The van der Waals surface area contributed by atoms with Crippen molar-refractivity contribution in [2.45, 2.75) is 25.4 Å². The molecule has 1 aromatic heterocycles. The van der Waals surface area contributed by atoms with Gasteiger partial charge in [0.2, 0.25) is 0 Å². The maximum atomic E-state index is 15.0. The number of hydrogen-bond donors (Lipinski definition) is 2. The lowest BCUT2D eigenvalue weighted by atomic mass is 10.00. The predicted molar refractivity (Wildman–Crippen MR) is 121 cm³/mol. The van der Waals surface area contributed by atoms with Crippen molar-refractivity contribution in [3.63, 3.8) is 0 Å². The molecule has 0 aliphatic heterocycles. The molecule has 2 aromatic carbocycles. The van der Waals surface area contributed by atoms with Crippen molar-refractivity contribution >= 4 is 17.7 Å². The molecule has 1 saturated carbocycles. The van der Waals surface area contributed by atoms with Crippen LogP contribution in [0.1, 0.15) is 24.2 Å². The highest BCUT2D eigenvalue weighted by Crippen LogP contribution is 2.39. The van der Waals surface area contributed by atoms with E-state index in [0.29, 0.717) is 29.1 Å². The molecule has 4 rings (SSSR count). The monoisotopic (exact) mass is 454 g/mol. The molecule has 33 heavy (non-hydrogen) atoms. The standard InChI is InChI=1S/C25H24F2N2O4/c1-31-23-13-20(19-8-7-17(12-21(19)26)28-14-18-4-3-9-33-18)24(32-2)11-15(23)10-22(27)25(30)29-16-5-6-16/h3-4,7-13,16,28H,5-6,14H2,1-2H3,(H,29,30)/b22-10+. The summed E-state index contributed by atoms with van der Waals surface area (Å²) in [6, 6.07) is 11.5. The SMILES string of the molecule is COc1cc(-c2ccc(NCc3ccco3)cc2F)c(OC)cc1/C=C(/F)C(=O)NC1CC1. The quantitative estimate of drug-likeness (QED) is 0.429. The molecule has 1 heterocycles. The number of carbonyl (C=O) groups excluding carboxylic acids is 1. The maximum Gasteiger partial charge on any atom is 0.280 e. The van der Waals surface area contributed by atoms with Crippen molar-refractivity contribution in [3.8, 4) is 22.6 Å². The minimum atomic E-state index is -0.937. The Morgan fingerprint density at radius 1 is 1.12 bits per heavy atom. The van der Waals surface area contributed by atoms with Gasteiger partial charge in [-0.2, -0.15) is 0 Å². The van der Waals surface area contributed by atoms with Crippen LogP contribution in [0.4, 0.5) is 14.5 Å². The van der Waals surface area contributed by atoms with Crippen molar-refractivity contribution in [1.29, 1.82) is 0 Å². The van der Waals surface area contributed by atoms with E-state index in [1.54, 1.807) is 30.5 Å². The summed E-state index contributed by atoms with van der Waals surface area (Å²) in [5.41, 5.74) is 1.61. The molecule has 8 heteroatoms. The maximum absolute atomic E-state index is 15.0. The first kappa shape index (κ1) is 22.4. The minimum Gasteiger partial charge on any atom is -0.496 e. The predicted octanol–water partition coefficient (Wildman–Crippen LogP) is 5.30. The van der Waals surface area contributed by atoms with Gasteiger partial charge in [-0.3, -0.25) is 4.79 Å². The number of rotatable bonds is 9. The van der Waals surface area contributed by atoms with Crippen LogP contribution in [0.15, 0.2) is 59.0 Å². The number of furan rings is 1. The third kappa shape index (κ3) is 5.34. The molecular formula is C25H24F2N2O4. The molecule has 1 aliphatic carbocycles. The zero-order valence-corrected chi connectivity index (χ0v) is 18.3. The summed E-state index contributed by atoms with van der Waals surface area (Å²) in [7, 11) is 2.86. The van der Waals surface area contributed by atoms with Gasteiger partial charge in [0.1, 0.15) is 23.1 Å². The highest BCUT2D eigenvalue weighted by Gasteiger charge is 2.25. The van der Waals surface area contributed by atoms with Crippen molar-refractivity contribution in [2.24, 2.45) is 0 Å². The van der Waals surface area contributed by atoms with E-state index in [0.717, 1.165) is 24.7 Å². The van der Waals surface area contributed by atoms with Crippen molar-refractivity contribution in [3.05, 3.63) is 71.7 Å². The van der Waals surface area contributed by atoms with Crippen LogP contribution in [0.2, 0.25) is 0 Å². The van der Waals surface area contributed by atoms with Gasteiger partial charge in [-0.05, 0) is 61.4 Å². The Hall–Kier alpha value is -3.81. The summed E-state index contributed by atoms with van der Waals surface area (Å²) < 4.78 is 45.5. The number of ether oxygens (including phenoxy) is 2. The Balaban J connectivity index is 1.61. The number of methoxy groups -OCH3 is 2. The number of carbonyl (C=O) groups is 1. The van der Waals surface area contributed by atoms with Gasteiger partial charge in [0, 0.05) is 28.4 Å². The van der Waals surface area contributed by atoms with Crippen molar-refractivity contribution in [1.82, 2.24) is 5.32 Å². The van der Waals surface area contributed by atoms with Gasteiger partial charge in [0.05, 0.1) is 27.0 Å². The zero-order chi connectivity index (χ0) is 23.4. The van der Waals surface area contributed by atoms with Gasteiger partial charge in [0.25, 0.3) is 5.91 Å². The van der Waals surface area contributed by atoms with Crippen molar-refractivity contribution in [2.75, 3.05) is 19.5 Å². The van der Waals surface area contributed by atoms with Gasteiger partial charge in [0.15, 0.2) is 5.83 Å². The smallest absolute Gasteiger partial charge is 0.280 e. The molecular weight excluding hydrogens is 430 g/mol. The van der Waals surface area contributed by atoms with Gasteiger partial charge in [-0.25, -0.2) is 8.78 Å². The van der Waals surface area contributed by atoms with Crippen LogP contribution >= 0.6 is 0 Å². The highest BCUT2D eigenvalue weighted by molar-refractivity contribution is 5.96. The lowest BCUT2D eigenvalue weighted by molar-refractivity contribution is -0.118. The Labute approximate surface area is 190 Å². The molecule has 6 nitrogen and oxygen atoms in total. The van der Waals surface area contributed by atoms with Gasteiger partial charge in [-0.15, -0.1) is 0 Å². The summed E-state index contributed by atoms with van der Waals surface area (Å²) in [6.45, 7) is 0.420. The number of hydrogen-bond acceptors (Lipinski definition) is 5. The van der Waals surface area contributed by atoms with E-state index in [2.05, 4.69) is 10.6 Å². The zero-order valence-electron chi connectivity index (χ0n) is 18.3. The Morgan fingerprint density at radius 3 is 2.55 bits per heavy atom.